The normalized spacial score (nSPS) is 24.3. The topological polar surface area (TPSA) is 74.8 Å². The number of hydrogen-bond donors (Lipinski definition) is 1. The van der Waals surface area contributed by atoms with Crippen LogP contribution in [0.3, 0.4) is 0 Å². The van der Waals surface area contributed by atoms with Crippen LogP contribution in [0, 0.1) is 17.6 Å². The zero-order valence-electron chi connectivity index (χ0n) is 20.2. The average Bonchev–Trinajstić information content (AvgIpc) is 3.42. The summed E-state index contributed by atoms with van der Waals surface area (Å²) in [5.41, 5.74) is 2.45. The molecule has 2 aromatic heterocycles. The number of fused-ring (bicyclic) bond motifs is 1. The van der Waals surface area contributed by atoms with Crippen LogP contribution in [0.4, 0.5) is 8.78 Å². The highest BCUT2D eigenvalue weighted by atomic mass is 19.1. The first kappa shape index (κ1) is 23.6. The van der Waals surface area contributed by atoms with E-state index in [1.807, 2.05) is 11.0 Å². The van der Waals surface area contributed by atoms with Crippen LogP contribution >= 0.6 is 0 Å². The van der Waals surface area contributed by atoms with Gasteiger partial charge in [0, 0.05) is 24.7 Å². The number of nitrogens with zero attached hydrogens (tertiary/aromatic N) is 4. The van der Waals surface area contributed by atoms with Crippen molar-refractivity contribution in [2.24, 2.45) is 5.92 Å². The number of amides is 1. The standard InChI is InChI=1S/C27H31F2N5O/c1-3-17-10-11-27(4-2,19-7-6-12-34(16-19)26(35)18-14-30-31-15-18)25-20(17)13-23(32-33-25)24-21(28)8-5-9-22(24)29/h5,8-9,13-15,17,19H,3-4,6-7,10-12,16H2,1-2H3,(H,30,31)/t17-,19-,27+/m0/s1. The number of rotatable bonds is 5. The molecule has 0 bridgehead atoms. The molecule has 2 aliphatic rings. The van der Waals surface area contributed by atoms with Gasteiger partial charge in [-0.05, 0) is 74.1 Å². The Hall–Kier alpha value is -3.16. The Morgan fingerprint density at radius 2 is 2.00 bits per heavy atom. The predicted molar refractivity (Wildman–Crippen MR) is 129 cm³/mol. The number of likely N-dealkylation sites (tertiary alicyclic amines) is 1. The smallest absolute Gasteiger partial charge is 0.257 e. The zero-order chi connectivity index (χ0) is 24.6. The highest BCUT2D eigenvalue weighted by Gasteiger charge is 2.47. The molecule has 1 aromatic carbocycles. The second-order valence-electron chi connectivity index (χ2n) is 9.86. The summed E-state index contributed by atoms with van der Waals surface area (Å²) >= 11 is 0. The minimum Gasteiger partial charge on any atom is -0.338 e. The fraction of sp³-hybridized carbons (Fsp3) is 0.481. The van der Waals surface area contributed by atoms with Gasteiger partial charge in [-0.1, -0.05) is 19.9 Å². The molecule has 184 valence electrons. The number of hydrogen-bond acceptors (Lipinski definition) is 4. The third-order valence-electron chi connectivity index (χ3n) is 8.25. The van der Waals surface area contributed by atoms with Gasteiger partial charge < -0.3 is 4.90 Å². The van der Waals surface area contributed by atoms with Crippen molar-refractivity contribution in [2.45, 2.75) is 63.7 Å². The van der Waals surface area contributed by atoms with Gasteiger partial charge in [-0.25, -0.2) is 8.78 Å². The number of carbonyl (C=O) groups is 1. The van der Waals surface area contributed by atoms with Crippen LogP contribution in [0.25, 0.3) is 11.3 Å². The Morgan fingerprint density at radius 3 is 2.69 bits per heavy atom. The van der Waals surface area contributed by atoms with E-state index in [1.54, 1.807) is 12.4 Å². The minimum absolute atomic E-state index is 0.00590. The lowest BCUT2D eigenvalue weighted by Crippen LogP contribution is -2.49. The molecule has 1 amide bonds. The van der Waals surface area contributed by atoms with Crippen molar-refractivity contribution in [3.63, 3.8) is 0 Å². The molecular weight excluding hydrogens is 448 g/mol. The number of benzene rings is 1. The fourth-order valence-corrected chi connectivity index (χ4v) is 6.29. The Bertz CT molecular complexity index is 1190. The molecular formula is C27H31F2N5O. The molecule has 0 radical (unpaired) electrons. The molecule has 35 heavy (non-hydrogen) atoms. The van der Waals surface area contributed by atoms with Crippen LogP contribution in [0.2, 0.25) is 0 Å². The summed E-state index contributed by atoms with van der Waals surface area (Å²) in [5.74, 6) is -0.773. The summed E-state index contributed by atoms with van der Waals surface area (Å²) in [4.78, 5) is 15.0. The molecule has 6 nitrogen and oxygen atoms in total. The maximum Gasteiger partial charge on any atom is 0.257 e. The SMILES string of the molecule is CC[C@H]1CC[C@](CC)([C@H]2CCCN(C(=O)c3cn[nH]c3)C2)c2nnc(-c3c(F)cccc3F)cc21. The van der Waals surface area contributed by atoms with Crippen molar-refractivity contribution in [1.82, 2.24) is 25.3 Å². The van der Waals surface area contributed by atoms with Gasteiger partial charge in [-0.3, -0.25) is 9.89 Å². The molecule has 3 heterocycles. The van der Waals surface area contributed by atoms with Gasteiger partial charge in [0.05, 0.1) is 28.7 Å². The van der Waals surface area contributed by atoms with Crippen LogP contribution in [-0.4, -0.2) is 44.3 Å². The van der Waals surface area contributed by atoms with Crippen LogP contribution in [0.15, 0.2) is 36.7 Å². The highest BCUT2D eigenvalue weighted by molar-refractivity contribution is 5.93. The summed E-state index contributed by atoms with van der Waals surface area (Å²) in [6, 6.07) is 5.72. The molecule has 0 saturated carbocycles. The van der Waals surface area contributed by atoms with Crippen molar-refractivity contribution in [1.29, 1.82) is 0 Å². The lowest BCUT2D eigenvalue weighted by Gasteiger charge is -2.48. The van der Waals surface area contributed by atoms with E-state index in [1.165, 1.54) is 18.2 Å². The summed E-state index contributed by atoms with van der Waals surface area (Å²) in [7, 11) is 0. The molecule has 1 fully saturated rings. The van der Waals surface area contributed by atoms with Gasteiger partial charge in [-0.15, -0.1) is 0 Å². The summed E-state index contributed by atoms with van der Waals surface area (Å²) in [6.45, 7) is 5.70. The van der Waals surface area contributed by atoms with E-state index in [0.717, 1.165) is 56.3 Å². The maximum absolute atomic E-state index is 14.5. The van der Waals surface area contributed by atoms with E-state index in [2.05, 4.69) is 29.1 Å². The van der Waals surface area contributed by atoms with Gasteiger partial charge in [-0.2, -0.15) is 15.3 Å². The molecule has 1 aliphatic carbocycles. The molecule has 1 N–H and O–H groups in total. The van der Waals surface area contributed by atoms with Crippen LogP contribution in [0.1, 0.15) is 79.9 Å². The quantitative estimate of drug-likeness (QED) is 0.514. The summed E-state index contributed by atoms with van der Waals surface area (Å²) in [5, 5.41) is 15.7. The van der Waals surface area contributed by atoms with Gasteiger partial charge in [0.2, 0.25) is 0 Å². The second-order valence-corrected chi connectivity index (χ2v) is 9.86. The number of nitrogens with one attached hydrogen (secondary N) is 1. The van der Waals surface area contributed by atoms with E-state index >= 15 is 0 Å². The molecule has 5 rings (SSSR count). The largest absolute Gasteiger partial charge is 0.338 e. The van der Waals surface area contributed by atoms with Gasteiger partial charge in [0.25, 0.3) is 5.91 Å². The monoisotopic (exact) mass is 479 g/mol. The fourth-order valence-electron chi connectivity index (χ4n) is 6.29. The predicted octanol–water partition coefficient (Wildman–Crippen LogP) is 5.63. The molecule has 1 aliphatic heterocycles. The summed E-state index contributed by atoms with van der Waals surface area (Å²) in [6.07, 6.45) is 8.88. The lowest BCUT2D eigenvalue weighted by atomic mass is 9.59. The van der Waals surface area contributed by atoms with E-state index in [0.29, 0.717) is 12.1 Å². The van der Waals surface area contributed by atoms with Gasteiger partial charge in [0.15, 0.2) is 0 Å². The number of carbonyl (C=O) groups excluding carboxylic acids is 1. The zero-order valence-corrected chi connectivity index (χ0v) is 20.2. The molecule has 8 heteroatoms. The van der Waals surface area contributed by atoms with Crippen molar-refractivity contribution in [2.75, 3.05) is 13.1 Å². The van der Waals surface area contributed by atoms with Crippen molar-refractivity contribution >= 4 is 5.91 Å². The van der Waals surface area contributed by atoms with Crippen molar-refractivity contribution < 1.29 is 13.6 Å². The van der Waals surface area contributed by atoms with E-state index in [-0.39, 0.29) is 34.4 Å². The van der Waals surface area contributed by atoms with Crippen molar-refractivity contribution in [3.05, 3.63) is 65.1 Å². The maximum atomic E-state index is 14.5. The number of halogens is 2. The number of H-pyrrole nitrogens is 1. The Morgan fingerprint density at radius 1 is 1.20 bits per heavy atom. The molecule has 0 spiro atoms. The van der Waals surface area contributed by atoms with Crippen LogP contribution < -0.4 is 0 Å². The minimum atomic E-state index is -0.634. The molecule has 3 aromatic rings. The number of aromatic amines is 1. The molecule has 1 saturated heterocycles. The van der Waals surface area contributed by atoms with E-state index in [4.69, 9.17) is 5.10 Å². The van der Waals surface area contributed by atoms with E-state index in [9.17, 15) is 13.6 Å². The first-order valence-corrected chi connectivity index (χ1v) is 12.6. The molecule has 0 unspecified atom stereocenters. The molecule has 3 atom stereocenters. The Labute approximate surface area is 204 Å². The van der Waals surface area contributed by atoms with Crippen molar-refractivity contribution in [3.8, 4) is 11.3 Å². The number of piperidine rings is 1. The van der Waals surface area contributed by atoms with E-state index < -0.39 is 11.6 Å². The Balaban J connectivity index is 1.54. The summed E-state index contributed by atoms with van der Waals surface area (Å²) < 4.78 is 29.1. The number of aromatic nitrogens is 4. The third-order valence-corrected chi connectivity index (χ3v) is 8.25. The first-order chi connectivity index (χ1) is 17.0. The second kappa shape index (κ2) is 9.47. The highest BCUT2D eigenvalue weighted by Crippen LogP contribution is 2.51. The van der Waals surface area contributed by atoms with Gasteiger partial charge >= 0.3 is 0 Å². The Kier molecular flexibility index (Phi) is 6.38. The first-order valence-electron chi connectivity index (χ1n) is 12.6. The lowest BCUT2D eigenvalue weighted by molar-refractivity contribution is 0.0551. The third kappa shape index (κ3) is 4.02. The van der Waals surface area contributed by atoms with Crippen LogP contribution in [-0.2, 0) is 5.41 Å². The van der Waals surface area contributed by atoms with Crippen LogP contribution in [0.5, 0.6) is 0 Å². The average molecular weight is 480 g/mol. The van der Waals surface area contributed by atoms with Gasteiger partial charge in [0.1, 0.15) is 11.6 Å².